The molecule has 0 saturated heterocycles. The van der Waals surface area contributed by atoms with Gasteiger partial charge >= 0.3 is 0 Å². The molecule has 6 heteroatoms. The quantitative estimate of drug-likeness (QED) is 0.436. The van der Waals surface area contributed by atoms with Crippen molar-refractivity contribution in [3.05, 3.63) is 65.7 Å². The third-order valence-electron chi connectivity index (χ3n) is 5.64. The number of nitrogen functional groups attached to an aromatic ring is 1. The van der Waals surface area contributed by atoms with Crippen molar-refractivity contribution in [1.29, 1.82) is 0 Å². The number of nitrogens with one attached hydrogen (secondary N) is 1. The van der Waals surface area contributed by atoms with Gasteiger partial charge in [-0.3, -0.25) is 4.79 Å². The van der Waals surface area contributed by atoms with Crippen molar-refractivity contribution in [1.82, 2.24) is 19.9 Å². The van der Waals surface area contributed by atoms with Crippen LogP contribution in [0.25, 0.3) is 22.2 Å². The van der Waals surface area contributed by atoms with Crippen LogP contribution >= 0.6 is 0 Å². The van der Waals surface area contributed by atoms with E-state index in [9.17, 15) is 4.79 Å². The largest absolute Gasteiger partial charge is 0.384 e. The van der Waals surface area contributed by atoms with Crippen molar-refractivity contribution in [2.24, 2.45) is 0 Å². The first kappa shape index (κ1) is 20.8. The van der Waals surface area contributed by atoms with Crippen LogP contribution < -0.4 is 11.1 Å². The van der Waals surface area contributed by atoms with E-state index in [0.29, 0.717) is 29.1 Å². The van der Waals surface area contributed by atoms with Crippen LogP contribution in [0.3, 0.4) is 0 Å². The zero-order valence-electron chi connectivity index (χ0n) is 18.1. The molecular weight excluding hydrogens is 386 g/mol. The number of para-hydroxylation sites is 2. The van der Waals surface area contributed by atoms with Crippen LogP contribution in [0.2, 0.25) is 0 Å². The Bertz CT molecular complexity index is 1200. The maximum Gasteiger partial charge on any atom is 0.257 e. The normalized spacial score (nSPS) is 12.3. The van der Waals surface area contributed by atoms with Crippen LogP contribution in [0.5, 0.6) is 0 Å². The molecule has 0 saturated carbocycles. The van der Waals surface area contributed by atoms with Crippen molar-refractivity contribution in [3.8, 4) is 0 Å². The molecule has 0 fully saturated rings. The predicted molar refractivity (Wildman–Crippen MR) is 126 cm³/mol. The minimum atomic E-state index is -0.192. The number of aromatic nitrogens is 3. The van der Waals surface area contributed by atoms with Gasteiger partial charge in [0.2, 0.25) is 0 Å². The monoisotopic (exact) mass is 415 g/mol. The van der Waals surface area contributed by atoms with Crippen molar-refractivity contribution >= 4 is 33.9 Å². The van der Waals surface area contributed by atoms with E-state index in [1.165, 1.54) is 5.56 Å². The molecule has 0 bridgehead atoms. The number of anilines is 1. The van der Waals surface area contributed by atoms with E-state index in [4.69, 9.17) is 15.7 Å². The second kappa shape index (κ2) is 9.16. The number of aryl methyl sites for hydroxylation is 2. The Balaban J connectivity index is 1.64. The maximum absolute atomic E-state index is 13.3. The molecule has 0 aliphatic rings. The fraction of sp³-hybridized carbons (Fsp3) is 0.320. The number of unbranched alkanes of at least 4 members (excludes halogenated alkanes) is 1. The first-order valence-electron chi connectivity index (χ1n) is 11.0. The van der Waals surface area contributed by atoms with Gasteiger partial charge in [-0.05, 0) is 43.9 Å². The van der Waals surface area contributed by atoms with E-state index in [1.54, 1.807) is 0 Å². The lowest BCUT2D eigenvalue weighted by Crippen LogP contribution is -2.33. The smallest absolute Gasteiger partial charge is 0.257 e. The lowest BCUT2D eigenvalue weighted by molar-refractivity contribution is 0.0940. The van der Waals surface area contributed by atoms with Crippen molar-refractivity contribution in [3.63, 3.8) is 0 Å². The summed E-state index contributed by atoms with van der Waals surface area (Å²) in [5.41, 5.74) is 11.0. The molecule has 0 spiro atoms. The highest BCUT2D eigenvalue weighted by molar-refractivity contribution is 6.10. The average Bonchev–Trinajstić information content (AvgIpc) is 3.05. The van der Waals surface area contributed by atoms with Gasteiger partial charge in [-0.15, -0.1) is 0 Å². The SMILES string of the molecule is CCCCn1c(N)c(C(=O)N[C@H](C)CCc2ccccc2)c2nc3ccccc3nc21. The third kappa shape index (κ3) is 4.38. The molecule has 160 valence electrons. The molecule has 6 nitrogen and oxygen atoms in total. The van der Waals surface area contributed by atoms with Crippen LogP contribution in [0.4, 0.5) is 5.82 Å². The summed E-state index contributed by atoms with van der Waals surface area (Å²) in [7, 11) is 0. The Morgan fingerprint density at radius 1 is 1.06 bits per heavy atom. The number of amides is 1. The number of hydrogen-bond acceptors (Lipinski definition) is 4. The fourth-order valence-electron chi connectivity index (χ4n) is 3.88. The highest BCUT2D eigenvalue weighted by Gasteiger charge is 2.24. The van der Waals surface area contributed by atoms with Gasteiger partial charge in [0, 0.05) is 12.6 Å². The lowest BCUT2D eigenvalue weighted by atomic mass is 10.1. The molecular formula is C25H29N5O. The molecule has 1 atom stereocenters. The van der Waals surface area contributed by atoms with E-state index in [2.05, 4.69) is 24.4 Å². The van der Waals surface area contributed by atoms with E-state index in [-0.39, 0.29) is 11.9 Å². The van der Waals surface area contributed by atoms with E-state index < -0.39 is 0 Å². The highest BCUT2D eigenvalue weighted by Crippen LogP contribution is 2.28. The minimum Gasteiger partial charge on any atom is -0.384 e. The van der Waals surface area contributed by atoms with Gasteiger partial charge in [0.05, 0.1) is 11.0 Å². The molecule has 2 aromatic carbocycles. The summed E-state index contributed by atoms with van der Waals surface area (Å²) in [4.78, 5) is 22.8. The number of carbonyl (C=O) groups excluding carboxylic acids is 1. The molecule has 1 amide bonds. The molecule has 3 N–H and O–H groups in total. The Kier molecular flexibility index (Phi) is 6.16. The van der Waals surface area contributed by atoms with Gasteiger partial charge in [-0.25, -0.2) is 9.97 Å². The molecule has 0 aliphatic heterocycles. The molecule has 4 rings (SSSR count). The number of fused-ring (bicyclic) bond motifs is 2. The summed E-state index contributed by atoms with van der Waals surface area (Å²) >= 11 is 0. The average molecular weight is 416 g/mol. The number of nitrogens with two attached hydrogens (primary N) is 1. The van der Waals surface area contributed by atoms with Gasteiger partial charge < -0.3 is 15.6 Å². The van der Waals surface area contributed by atoms with E-state index in [0.717, 1.165) is 36.7 Å². The topological polar surface area (TPSA) is 85.8 Å². The van der Waals surface area contributed by atoms with Crippen molar-refractivity contribution in [2.45, 2.75) is 52.1 Å². The molecule has 0 unspecified atom stereocenters. The van der Waals surface area contributed by atoms with Gasteiger partial charge in [0.1, 0.15) is 16.9 Å². The molecule has 4 aromatic rings. The molecule has 31 heavy (non-hydrogen) atoms. The zero-order valence-corrected chi connectivity index (χ0v) is 18.1. The first-order valence-corrected chi connectivity index (χ1v) is 11.0. The Morgan fingerprint density at radius 3 is 2.45 bits per heavy atom. The summed E-state index contributed by atoms with van der Waals surface area (Å²) in [5, 5.41) is 3.12. The highest BCUT2D eigenvalue weighted by atomic mass is 16.1. The Labute approximate surface area is 182 Å². The summed E-state index contributed by atoms with van der Waals surface area (Å²) in [6.07, 6.45) is 3.73. The van der Waals surface area contributed by atoms with Gasteiger partial charge in [0.15, 0.2) is 5.65 Å². The number of nitrogens with zero attached hydrogens (tertiary/aromatic N) is 3. The predicted octanol–water partition coefficient (Wildman–Crippen LogP) is 4.72. The van der Waals surface area contributed by atoms with Crippen LogP contribution in [-0.2, 0) is 13.0 Å². The minimum absolute atomic E-state index is 0.00886. The standard InChI is InChI=1S/C25H29N5O/c1-3-4-16-30-23(26)21(22-24(30)29-20-13-9-8-12-19(20)28-22)25(31)27-17(2)14-15-18-10-6-5-7-11-18/h5-13,17H,3-4,14-16,26H2,1-2H3,(H,27,31)/t17-/m1/s1. The molecule has 0 aliphatic carbocycles. The number of benzene rings is 2. The lowest BCUT2D eigenvalue weighted by Gasteiger charge is -2.14. The fourth-order valence-corrected chi connectivity index (χ4v) is 3.88. The summed E-state index contributed by atoms with van der Waals surface area (Å²) in [6, 6.07) is 18.0. The van der Waals surface area contributed by atoms with Crippen LogP contribution in [0, 0.1) is 0 Å². The first-order chi connectivity index (χ1) is 15.1. The zero-order chi connectivity index (χ0) is 21.8. The number of hydrogen-bond donors (Lipinski definition) is 2. The van der Waals surface area contributed by atoms with Gasteiger partial charge in [0.25, 0.3) is 5.91 Å². The van der Waals surface area contributed by atoms with Crippen LogP contribution in [0.15, 0.2) is 54.6 Å². The van der Waals surface area contributed by atoms with Crippen molar-refractivity contribution < 1.29 is 4.79 Å². The molecule has 2 aromatic heterocycles. The summed E-state index contributed by atoms with van der Waals surface area (Å²) in [6.45, 7) is 4.86. The Hall–Kier alpha value is -3.41. The molecule has 2 heterocycles. The van der Waals surface area contributed by atoms with Crippen LogP contribution in [0.1, 0.15) is 49.0 Å². The van der Waals surface area contributed by atoms with Crippen LogP contribution in [-0.4, -0.2) is 26.5 Å². The van der Waals surface area contributed by atoms with Crippen molar-refractivity contribution in [2.75, 3.05) is 5.73 Å². The Morgan fingerprint density at radius 2 is 1.74 bits per heavy atom. The number of carbonyl (C=O) groups is 1. The summed E-state index contributed by atoms with van der Waals surface area (Å²) < 4.78 is 1.93. The second-order valence-electron chi connectivity index (χ2n) is 8.05. The van der Waals surface area contributed by atoms with Gasteiger partial charge in [-0.2, -0.15) is 0 Å². The third-order valence-corrected chi connectivity index (χ3v) is 5.64. The maximum atomic E-state index is 13.3. The number of rotatable bonds is 8. The van der Waals surface area contributed by atoms with E-state index >= 15 is 0 Å². The molecule has 0 radical (unpaired) electrons. The van der Waals surface area contributed by atoms with Gasteiger partial charge in [-0.1, -0.05) is 55.8 Å². The summed E-state index contributed by atoms with van der Waals surface area (Å²) in [5.74, 6) is 0.245. The van der Waals surface area contributed by atoms with E-state index in [1.807, 2.05) is 54.0 Å². The second-order valence-corrected chi connectivity index (χ2v) is 8.05.